The number of likely N-dealkylation sites (tertiary alicyclic amines) is 1. The molecule has 1 heterocycles. The number of anilines is 1. The smallest absolute Gasteiger partial charge is 0.123 e. The summed E-state index contributed by atoms with van der Waals surface area (Å²) >= 11 is 3.43. The van der Waals surface area contributed by atoms with Crippen LogP contribution in [0, 0.1) is 11.7 Å². The van der Waals surface area contributed by atoms with Gasteiger partial charge in [-0.25, -0.2) is 4.39 Å². The van der Waals surface area contributed by atoms with E-state index in [2.05, 4.69) is 39.8 Å². The standard InChI is InChI=1S/C14H20BrFN2/c1-17-6-5-11(9-17)10-18(2)14-4-3-13(16)7-12(14)8-15/h3-4,7,11H,5-6,8-10H2,1-2H3. The van der Waals surface area contributed by atoms with Crippen molar-refractivity contribution in [2.24, 2.45) is 5.92 Å². The lowest BCUT2D eigenvalue weighted by atomic mass is 10.1. The fourth-order valence-corrected chi connectivity index (χ4v) is 3.14. The van der Waals surface area contributed by atoms with Crippen LogP contribution in [0.15, 0.2) is 18.2 Å². The highest BCUT2D eigenvalue weighted by atomic mass is 79.9. The predicted octanol–water partition coefficient (Wildman–Crippen LogP) is 3.11. The summed E-state index contributed by atoms with van der Waals surface area (Å²) in [7, 11) is 4.26. The van der Waals surface area contributed by atoms with Gasteiger partial charge in [0.05, 0.1) is 0 Å². The second-order valence-electron chi connectivity index (χ2n) is 5.20. The zero-order chi connectivity index (χ0) is 13.1. The molecule has 4 heteroatoms. The number of nitrogens with zero attached hydrogens (tertiary/aromatic N) is 2. The molecule has 0 aromatic heterocycles. The molecule has 0 aliphatic carbocycles. The molecule has 0 N–H and O–H groups in total. The van der Waals surface area contributed by atoms with Crippen molar-refractivity contribution in [2.75, 3.05) is 38.6 Å². The Morgan fingerprint density at radius 3 is 2.89 bits per heavy atom. The molecule has 0 spiro atoms. The Hall–Kier alpha value is -0.610. The van der Waals surface area contributed by atoms with Gasteiger partial charge in [0, 0.05) is 31.2 Å². The van der Waals surface area contributed by atoms with E-state index in [1.165, 1.54) is 13.0 Å². The van der Waals surface area contributed by atoms with Gasteiger partial charge in [0.1, 0.15) is 5.82 Å². The fourth-order valence-electron chi connectivity index (χ4n) is 2.69. The second-order valence-corrected chi connectivity index (χ2v) is 5.76. The van der Waals surface area contributed by atoms with Gasteiger partial charge in [0.15, 0.2) is 0 Å². The normalized spacial score (nSPS) is 20.3. The Balaban J connectivity index is 2.06. The van der Waals surface area contributed by atoms with Crippen molar-refractivity contribution in [1.82, 2.24) is 4.90 Å². The molecule has 2 rings (SSSR count). The molecule has 1 aliphatic heterocycles. The lowest BCUT2D eigenvalue weighted by Gasteiger charge is -2.25. The predicted molar refractivity (Wildman–Crippen MR) is 77.9 cm³/mol. The average molecular weight is 315 g/mol. The number of hydrogen-bond donors (Lipinski definition) is 0. The Bertz CT molecular complexity index is 411. The van der Waals surface area contributed by atoms with Crippen LogP contribution in [-0.2, 0) is 5.33 Å². The Labute approximate surface area is 117 Å². The molecule has 0 bridgehead atoms. The summed E-state index contributed by atoms with van der Waals surface area (Å²) in [6, 6.07) is 5.03. The second kappa shape index (κ2) is 6.02. The molecular weight excluding hydrogens is 295 g/mol. The maximum absolute atomic E-state index is 13.2. The highest BCUT2D eigenvalue weighted by Crippen LogP contribution is 2.25. The van der Waals surface area contributed by atoms with Crippen molar-refractivity contribution in [1.29, 1.82) is 0 Å². The first-order valence-corrected chi connectivity index (χ1v) is 7.46. The van der Waals surface area contributed by atoms with Crippen molar-refractivity contribution in [3.05, 3.63) is 29.6 Å². The number of rotatable bonds is 4. The Kier molecular flexibility index (Phi) is 4.62. The zero-order valence-electron chi connectivity index (χ0n) is 11.0. The van der Waals surface area contributed by atoms with E-state index >= 15 is 0 Å². The third-order valence-corrected chi connectivity index (χ3v) is 4.22. The first-order chi connectivity index (χ1) is 8.60. The van der Waals surface area contributed by atoms with Gasteiger partial charge in [-0.3, -0.25) is 0 Å². The van der Waals surface area contributed by atoms with E-state index in [4.69, 9.17) is 0 Å². The number of hydrogen-bond acceptors (Lipinski definition) is 2. The van der Waals surface area contributed by atoms with Gasteiger partial charge in [0.2, 0.25) is 0 Å². The van der Waals surface area contributed by atoms with Crippen LogP contribution in [0.2, 0.25) is 0 Å². The van der Waals surface area contributed by atoms with Crippen molar-refractivity contribution < 1.29 is 4.39 Å². The van der Waals surface area contributed by atoms with Gasteiger partial charge in [-0.2, -0.15) is 0 Å². The van der Waals surface area contributed by atoms with E-state index < -0.39 is 0 Å². The van der Waals surface area contributed by atoms with Crippen LogP contribution < -0.4 is 4.90 Å². The third kappa shape index (κ3) is 3.23. The molecule has 1 fully saturated rings. The molecule has 1 saturated heterocycles. The van der Waals surface area contributed by atoms with Crippen LogP contribution in [0.1, 0.15) is 12.0 Å². The van der Waals surface area contributed by atoms with Gasteiger partial charge in [-0.05, 0) is 49.7 Å². The van der Waals surface area contributed by atoms with Crippen LogP contribution in [0.4, 0.5) is 10.1 Å². The Morgan fingerprint density at radius 2 is 2.28 bits per heavy atom. The van der Waals surface area contributed by atoms with Crippen molar-refractivity contribution in [3.63, 3.8) is 0 Å². The minimum absolute atomic E-state index is 0.165. The largest absolute Gasteiger partial charge is 0.374 e. The number of benzene rings is 1. The first-order valence-electron chi connectivity index (χ1n) is 6.34. The van der Waals surface area contributed by atoms with Crippen LogP contribution in [-0.4, -0.2) is 38.6 Å². The van der Waals surface area contributed by atoms with Crippen molar-refractivity contribution in [3.8, 4) is 0 Å². The van der Waals surface area contributed by atoms with Crippen LogP contribution in [0.5, 0.6) is 0 Å². The fraction of sp³-hybridized carbons (Fsp3) is 0.571. The van der Waals surface area contributed by atoms with Crippen LogP contribution in [0.25, 0.3) is 0 Å². The first kappa shape index (κ1) is 13.8. The van der Waals surface area contributed by atoms with Gasteiger partial charge >= 0.3 is 0 Å². The highest BCUT2D eigenvalue weighted by molar-refractivity contribution is 9.08. The van der Waals surface area contributed by atoms with Gasteiger partial charge < -0.3 is 9.80 Å². The topological polar surface area (TPSA) is 6.48 Å². The summed E-state index contributed by atoms with van der Waals surface area (Å²) in [5, 5.41) is 0.689. The SMILES string of the molecule is CN1CCC(CN(C)c2ccc(F)cc2CBr)C1. The van der Waals surface area contributed by atoms with E-state index in [-0.39, 0.29) is 5.82 Å². The minimum Gasteiger partial charge on any atom is -0.374 e. The monoisotopic (exact) mass is 314 g/mol. The van der Waals surface area contributed by atoms with E-state index in [0.29, 0.717) is 11.2 Å². The molecule has 1 unspecified atom stereocenters. The molecule has 0 amide bonds. The minimum atomic E-state index is -0.165. The van der Waals surface area contributed by atoms with Crippen molar-refractivity contribution >= 4 is 21.6 Å². The molecule has 1 aliphatic rings. The Morgan fingerprint density at radius 1 is 1.50 bits per heavy atom. The summed E-state index contributed by atoms with van der Waals surface area (Å²) in [4.78, 5) is 4.62. The maximum Gasteiger partial charge on any atom is 0.123 e. The molecule has 1 aromatic rings. The summed E-state index contributed by atoms with van der Waals surface area (Å²) in [5.74, 6) is 0.551. The average Bonchev–Trinajstić information content (AvgIpc) is 2.74. The molecule has 1 atom stereocenters. The van der Waals surface area contributed by atoms with Gasteiger partial charge in [0.25, 0.3) is 0 Å². The maximum atomic E-state index is 13.2. The summed E-state index contributed by atoms with van der Waals surface area (Å²) in [5.41, 5.74) is 2.15. The molecule has 1 aromatic carbocycles. The highest BCUT2D eigenvalue weighted by Gasteiger charge is 2.21. The molecule has 100 valence electrons. The molecule has 0 saturated carbocycles. The quantitative estimate of drug-likeness (QED) is 0.788. The third-order valence-electron chi connectivity index (χ3n) is 3.62. The zero-order valence-corrected chi connectivity index (χ0v) is 12.6. The molecule has 18 heavy (non-hydrogen) atoms. The van der Waals surface area contributed by atoms with Crippen LogP contribution >= 0.6 is 15.9 Å². The number of alkyl halides is 1. The lowest BCUT2D eigenvalue weighted by Crippen LogP contribution is -2.27. The van der Waals surface area contributed by atoms with E-state index in [1.807, 2.05) is 6.07 Å². The van der Waals surface area contributed by atoms with Gasteiger partial charge in [-0.15, -0.1) is 0 Å². The summed E-state index contributed by atoms with van der Waals surface area (Å²) < 4.78 is 13.2. The van der Waals surface area contributed by atoms with Crippen LogP contribution in [0.3, 0.4) is 0 Å². The van der Waals surface area contributed by atoms with Gasteiger partial charge in [-0.1, -0.05) is 15.9 Å². The molecule has 2 nitrogen and oxygen atoms in total. The van der Waals surface area contributed by atoms with E-state index in [0.717, 1.165) is 24.3 Å². The summed E-state index contributed by atoms with van der Waals surface area (Å²) in [6.45, 7) is 3.39. The van der Waals surface area contributed by atoms with Crippen molar-refractivity contribution in [2.45, 2.75) is 11.8 Å². The molecule has 0 radical (unpaired) electrons. The molecular formula is C14H20BrFN2. The van der Waals surface area contributed by atoms with E-state index in [1.54, 1.807) is 12.1 Å². The van der Waals surface area contributed by atoms with E-state index in [9.17, 15) is 4.39 Å². The lowest BCUT2D eigenvalue weighted by molar-refractivity contribution is 0.396. The number of halogens is 2. The summed E-state index contributed by atoms with van der Waals surface area (Å²) in [6.07, 6.45) is 1.26.